The van der Waals surface area contributed by atoms with Gasteiger partial charge in [-0.25, -0.2) is 0 Å². The highest BCUT2D eigenvalue weighted by Gasteiger charge is 2.48. The Hall–Kier alpha value is -1.36. The van der Waals surface area contributed by atoms with E-state index in [1.54, 1.807) is 11.3 Å². The van der Waals surface area contributed by atoms with Gasteiger partial charge >= 0.3 is 0 Å². The summed E-state index contributed by atoms with van der Waals surface area (Å²) in [5.41, 5.74) is 0.774. The summed E-state index contributed by atoms with van der Waals surface area (Å²) < 4.78 is 0. The number of carbonyl (C=O) groups excluding carboxylic acids is 2. The molecule has 2 saturated carbocycles. The summed E-state index contributed by atoms with van der Waals surface area (Å²) >= 11 is 1.55. The normalized spacial score (nSPS) is 31.1. The largest absolute Gasteiger partial charge is 0.339 e. The summed E-state index contributed by atoms with van der Waals surface area (Å²) in [6.45, 7) is 2.72. The molecule has 2 amide bonds. The fraction of sp³-hybridized carbons (Fsp3) is 0.625. The third kappa shape index (κ3) is 2.48. The standard InChI is InChI=1S/C16H20N2O2S/c19-15(11-1-6-21-10-11)17-2-4-18(5-3-17)16(20)14-8-12-7-13(12)9-14/h1,6,10,12-14H,2-5,7-9H2. The van der Waals surface area contributed by atoms with E-state index in [0.717, 1.165) is 30.2 Å². The molecule has 3 fully saturated rings. The number of hydrogen-bond donors (Lipinski definition) is 0. The van der Waals surface area contributed by atoms with Crippen LogP contribution in [0.4, 0.5) is 0 Å². The van der Waals surface area contributed by atoms with Crippen LogP contribution in [-0.4, -0.2) is 47.8 Å². The minimum absolute atomic E-state index is 0.102. The van der Waals surface area contributed by atoms with Gasteiger partial charge in [0, 0.05) is 37.5 Å². The third-order valence-corrected chi connectivity index (χ3v) is 5.92. The lowest BCUT2D eigenvalue weighted by Crippen LogP contribution is -2.51. The van der Waals surface area contributed by atoms with Crippen LogP contribution in [0.2, 0.25) is 0 Å². The molecule has 1 saturated heterocycles. The summed E-state index contributed by atoms with van der Waals surface area (Å²) in [4.78, 5) is 28.6. The monoisotopic (exact) mass is 304 g/mol. The Morgan fingerprint density at radius 1 is 1.00 bits per heavy atom. The summed E-state index contributed by atoms with van der Waals surface area (Å²) in [6.07, 6.45) is 3.57. The summed E-state index contributed by atoms with van der Waals surface area (Å²) in [7, 11) is 0. The first-order valence-corrected chi connectivity index (χ1v) is 8.77. The lowest BCUT2D eigenvalue weighted by molar-refractivity contribution is -0.137. The van der Waals surface area contributed by atoms with Crippen LogP contribution in [0.1, 0.15) is 29.6 Å². The molecule has 5 heteroatoms. The second kappa shape index (κ2) is 5.13. The van der Waals surface area contributed by atoms with Gasteiger partial charge in [-0.15, -0.1) is 0 Å². The van der Waals surface area contributed by atoms with Crippen molar-refractivity contribution in [3.8, 4) is 0 Å². The maximum atomic E-state index is 12.5. The Kier molecular flexibility index (Phi) is 3.25. The quantitative estimate of drug-likeness (QED) is 0.839. The maximum Gasteiger partial charge on any atom is 0.254 e. The SMILES string of the molecule is O=C(c1ccsc1)N1CCN(C(=O)C2CC3CC3C2)CC1. The zero-order chi connectivity index (χ0) is 14.4. The van der Waals surface area contributed by atoms with Crippen molar-refractivity contribution in [1.29, 1.82) is 0 Å². The molecule has 4 rings (SSSR count). The molecule has 3 aliphatic rings. The Balaban J connectivity index is 1.32. The fourth-order valence-corrected chi connectivity index (χ4v) is 4.50. The molecular weight excluding hydrogens is 284 g/mol. The Morgan fingerprint density at radius 2 is 1.67 bits per heavy atom. The molecule has 112 valence electrons. The lowest BCUT2D eigenvalue weighted by atomic mass is 10.0. The van der Waals surface area contributed by atoms with Gasteiger partial charge in [0.15, 0.2) is 0 Å². The molecule has 0 spiro atoms. The van der Waals surface area contributed by atoms with Gasteiger partial charge in [0.05, 0.1) is 5.56 Å². The molecule has 0 radical (unpaired) electrons. The Morgan fingerprint density at radius 3 is 2.29 bits per heavy atom. The van der Waals surface area contributed by atoms with Gasteiger partial charge < -0.3 is 9.80 Å². The molecule has 2 heterocycles. The van der Waals surface area contributed by atoms with Crippen molar-refractivity contribution in [1.82, 2.24) is 9.80 Å². The molecular formula is C16H20N2O2S. The highest BCUT2D eigenvalue weighted by Crippen LogP contribution is 2.54. The first kappa shape index (κ1) is 13.3. The first-order valence-electron chi connectivity index (χ1n) is 7.82. The average Bonchev–Trinajstić information content (AvgIpc) is 2.97. The van der Waals surface area contributed by atoms with E-state index in [1.807, 2.05) is 26.6 Å². The Bertz CT molecular complexity index is 539. The molecule has 0 bridgehead atoms. The highest BCUT2D eigenvalue weighted by atomic mass is 32.1. The molecule has 1 aromatic rings. The van der Waals surface area contributed by atoms with Crippen molar-refractivity contribution in [3.63, 3.8) is 0 Å². The predicted molar refractivity (Wildman–Crippen MR) is 81.1 cm³/mol. The van der Waals surface area contributed by atoms with E-state index in [-0.39, 0.29) is 11.8 Å². The fourth-order valence-electron chi connectivity index (χ4n) is 3.87. The van der Waals surface area contributed by atoms with Gasteiger partial charge in [-0.1, -0.05) is 0 Å². The number of carbonyl (C=O) groups is 2. The second-order valence-corrected chi connectivity index (χ2v) is 7.33. The van der Waals surface area contributed by atoms with Crippen molar-refractivity contribution >= 4 is 23.2 Å². The van der Waals surface area contributed by atoms with E-state index >= 15 is 0 Å². The van der Waals surface area contributed by atoms with E-state index in [1.165, 1.54) is 6.42 Å². The first-order chi connectivity index (χ1) is 10.2. The molecule has 1 aliphatic heterocycles. The summed E-state index contributed by atoms with van der Waals surface area (Å²) in [5, 5.41) is 3.82. The van der Waals surface area contributed by atoms with Crippen LogP contribution in [-0.2, 0) is 4.79 Å². The van der Waals surface area contributed by atoms with Gasteiger partial charge in [0.1, 0.15) is 0 Å². The van der Waals surface area contributed by atoms with Gasteiger partial charge in [-0.2, -0.15) is 11.3 Å². The minimum Gasteiger partial charge on any atom is -0.339 e. The van der Waals surface area contributed by atoms with Crippen LogP contribution in [0.15, 0.2) is 16.8 Å². The van der Waals surface area contributed by atoms with Crippen molar-refractivity contribution in [3.05, 3.63) is 22.4 Å². The second-order valence-electron chi connectivity index (χ2n) is 6.55. The summed E-state index contributed by atoms with van der Waals surface area (Å²) in [6, 6.07) is 1.87. The van der Waals surface area contributed by atoms with Crippen LogP contribution in [0.25, 0.3) is 0 Å². The number of hydrogen-bond acceptors (Lipinski definition) is 3. The minimum atomic E-state index is 0.102. The molecule has 0 aromatic carbocycles. The number of fused-ring (bicyclic) bond motifs is 1. The van der Waals surface area contributed by atoms with Crippen molar-refractivity contribution in [2.75, 3.05) is 26.2 Å². The van der Waals surface area contributed by atoms with Crippen molar-refractivity contribution < 1.29 is 9.59 Å². The van der Waals surface area contributed by atoms with Gasteiger partial charge in [-0.3, -0.25) is 9.59 Å². The number of piperazine rings is 1. The van der Waals surface area contributed by atoms with Crippen molar-refractivity contribution in [2.24, 2.45) is 17.8 Å². The van der Waals surface area contributed by atoms with Gasteiger partial charge in [0.25, 0.3) is 5.91 Å². The zero-order valence-electron chi connectivity index (χ0n) is 12.0. The molecule has 2 unspecified atom stereocenters. The Labute approximate surface area is 128 Å². The van der Waals surface area contributed by atoms with Crippen LogP contribution in [0.3, 0.4) is 0 Å². The zero-order valence-corrected chi connectivity index (χ0v) is 12.8. The van der Waals surface area contributed by atoms with Gasteiger partial charge in [-0.05, 0) is 42.5 Å². The van der Waals surface area contributed by atoms with E-state index < -0.39 is 0 Å². The van der Waals surface area contributed by atoms with E-state index in [2.05, 4.69) is 0 Å². The van der Waals surface area contributed by atoms with E-state index in [4.69, 9.17) is 0 Å². The van der Waals surface area contributed by atoms with E-state index in [0.29, 0.717) is 32.1 Å². The third-order valence-electron chi connectivity index (χ3n) is 5.24. The molecule has 21 heavy (non-hydrogen) atoms. The maximum absolute atomic E-state index is 12.5. The smallest absolute Gasteiger partial charge is 0.254 e. The van der Waals surface area contributed by atoms with E-state index in [9.17, 15) is 9.59 Å². The molecule has 1 aromatic heterocycles. The van der Waals surface area contributed by atoms with Crippen LogP contribution in [0.5, 0.6) is 0 Å². The van der Waals surface area contributed by atoms with Gasteiger partial charge in [0.2, 0.25) is 5.91 Å². The highest BCUT2D eigenvalue weighted by molar-refractivity contribution is 7.08. The molecule has 2 aliphatic carbocycles. The van der Waals surface area contributed by atoms with Crippen LogP contribution < -0.4 is 0 Å². The lowest BCUT2D eigenvalue weighted by Gasteiger charge is -2.36. The van der Waals surface area contributed by atoms with Crippen LogP contribution >= 0.6 is 11.3 Å². The summed E-state index contributed by atoms with van der Waals surface area (Å²) in [5.74, 6) is 2.41. The number of thiophene rings is 1. The molecule has 0 N–H and O–H groups in total. The average molecular weight is 304 g/mol. The number of rotatable bonds is 2. The van der Waals surface area contributed by atoms with Crippen LogP contribution in [0, 0.1) is 17.8 Å². The topological polar surface area (TPSA) is 40.6 Å². The predicted octanol–water partition coefficient (Wildman–Crippen LogP) is 2.08. The number of nitrogens with zero attached hydrogens (tertiary/aromatic N) is 2. The number of amides is 2. The molecule has 2 atom stereocenters. The van der Waals surface area contributed by atoms with Crippen molar-refractivity contribution in [2.45, 2.75) is 19.3 Å². The molecule has 4 nitrogen and oxygen atoms in total.